The van der Waals surface area contributed by atoms with Crippen LogP contribution >= 0.6 is 0 Å². The summed E-state index contributed by atoms with van der Waals surface area (Å²) in [4.78, 5) is 3.11. The molecule has 2 heterocycles. The van der Waals surface area contributed by atoms with Gasteiger partial charge in [0.1, 0.15) is 0 Å². The number of aromatic amines is 1. The van der Waals surface area contributed by atoms with Gasteiger partial charge in [-0.05, 0) is 37.9 Å². The number of hydrogen-bond donors (Lipinski definition) is 2. The lowest BCUT2D eigenvalue weighted by Crippen LogP contribution is -2.39. The minimum absolute atomic E-state index is 0.337. The SMILES string of the molecule is CN(CC1CCCNC1)S(=O)(=O)c1cc[nH]c1. The first-order valence-corrected chi connectivity index (χ1v) is 7.34. The number of hydrogen-bond acceptors (Lipinski definition) is 3. The van der Waals surface area contributed by atoms with Crippen LogP contribution in [0.3, 0.4) is 0 Å². The highest BCUT2D eigenvalue weighted by Gasteiger charge is 2.24. The summed E-state index contributed by atoms with van der Waals surface area (Å²) in [6.45, 7) is 2.54. The molecule has 17 heavy (non-hydrogen) atoms. The molecule has 1 fully saturated rings. The van der Waals surface area contributed by atoms with Crippen molar-refractivity contribution in [3.63, 3.8) is 0 Å². The van der Waals surface area contributed by atoms with Crippen molar-refractivity contribution in [3.05, 3.63) is 18.5 Å². The highest BCUT2D eigenvalue weighted by atomic mass is 32.2. The number of piperidine rings is 1. The molecule has 96 valence electrons. The van der Waals surface area contributed by atoms with E-state index in [-0.39, 0.29) is 0 Å². The van der Waals surface area contributed by atoms with E-state index in [1.54, 1.807) is 19.3 Å². The smallest absolute Gasteiger partial charge is 0.244 e. The molecule has 1 aromatic heterocycles. The summed E-state index contributed by atoms with van der Waals surface area (Å²) in [6, 6.07) is 1.59. The van der Waals surface area contributed by atoms with E-state index in [0.717, 1.165) is 25.9 Å². The van der Waals surface area contributed by atoms with Gasteiger partial charge in [-0.1, -0.05) is 0 Å². The average molecular weight is 257 g/mol. The molecule has 2 N–H and O–H groups in total. The third kappa shape index (κ3) is 2.88. The number of H-pyrrole nitrogens is 1. The molecule has 0 spiro atoms. The molecule has 6 heteroatoms. The van der Waals surface area contributed by atoms with Gasteiger partial charge in [0.25, 0.3) is 0 Å². The van der Waals surface area contributed by atoms with E-state index in [9.17, 15) is 8.42 Å². The van der Waals surface area contributed by atoms with E-state index in [1.165, 1.54) is 10.5 Å². The lowest BCUT2D eigenvalue weighted by Gasteiger charge is -2.26. The second kappa shape index (κ2) is 5.20. The first-order valence-electron chi connectivity index (χ1n) is 5.90. The molecule has 1 aliphatic heterocycles. The Balaban J connectivity index is 2.01. The topological polar surface area (TPSA) is 65.2 Å². The van der Waals surface area contributed by atoms with Crippen molar-refractivity contribution in [3.8, 4) is 0 Å². The van der Waals surface area contributed by atoms with Crippen LogP contribution in [0.15, 0.2) is 23.4 Å². The van der Waals surface area contributed by atoms with Crippen molar-refractivity contribution < 1.29 is 8.42 Å². The first-order chi connectivity index (χ1) is 8.10. The second-order valence-corrected chi connectivity index (χ2v) is 6.59. The highest BCUT2D eigenvalue weighted by Crippen LogP contribution is 2.17. The summed E-state index contributed by atoms with van der Waals surface area (Å²) in [5.74, 6) is 0.419. The van der Waals surface area contributed by atoms with Crippen molar-refractivity contribution in [2.75, 3.05) is 26.7 Å². The van der Waals surface area contributed by atoms with Crippen LogP contribution in [0.1, 0.15) is 12.8 Å². The lowest BCUT2D eigenvalue weighted by molar-refractivity contribution is 0.315. The predicted octanol–water partition coefficient (Wildman–Crippen LogP) is 0.635. The molecule has 0 aliphatic carbocycles. The molecule has 0 radical (unpaired) electrons. The van der Waals surface area contributed by atoms with Gasteiger partial charge in [0.2, 0.25) is 10.0 Å². The van der Waals surface area contributed by atoms with E-state index < -0.39 is 10.0 Å². The number of rotatable bonds is 4. The fourth-order valence-corrected chi connectivity index (χ4v) is 3.41. The Morgan fingerprint density at radius 1 is 1.53 bits per heavy atom. The molecule has 1 saturated heterocycles. The van der Waals surface area contributed by atoms with Gasteiger partial charge in [-0.15, -0.1) is 0 Å². The normalized spacial score (nSPS) is 21.9. The molecule has 2 rings (SSSR count). The van der Waals surface area contributed by atoms with Crippen LogP contribution in [0.4, 0.5) is 0 Å². The maximum atomic E-state index is 12.2. The Morgan fingerprint density at radius 3 is 2.94 bits per heavy atom. The third-order valence-electron chi connectivity index (χ3n) is 3.19. The molecule has 0 amide bonds. The summed E-state index contributed by atoms with van der Waals surface area (Å²) >= 11 is 0. The summed E-state index contributed by atoms with van der Waals surface area (Å²) < 4.78 is 25.8. The Hall–Kier alpha value is -0.850. The van der Waals surface area contributed by atoms with Crippen molar-refractivity contribution >= 4 is 10.0 Å². The average Bonchev–Trinajstić information content (AvgIpc) is 2.84. The Labute approximate surface area is 102 Å². The van der Waals surface area contributed by atoms with E-state index in [4.69, 9.17) is 0 Å². The highest BCUT2D eigenvalue weighted by molar-refractivity contribution is 7.89. The monoisotopic (exact) mass is 257 g/mol. The van der Waals surface area contributed by atoms with Gasteiger partial charge in [0.15, 0.2) is 0 Å². The Kier molecular flexibility index (Phi) is 3.86. The number of aromatic nitrogens is 1. The molecular weight excluding hydrogens is 238 g/mol. The van der Waals surface area contributed by atoms with Gasteiger partial charge in [-0.3, -0.25) is 0 Å². The summed E-state index contributed by atoms with van der Waals surface area (Å²) in [5.41, 5.74) is 0. The fraction of sp³-hybridized carbons (Fsp3) is 0.636. The summed E-state index contributed by atoms with van der Waals surface area (Å²) in [6.07, 6.45) is 5.37. The molecule has 1 aliphatic rings. The van der Waals surface area contributed by atoms with Crippen LogP contribution in [-0.2, 0) is 10.0 Å². The zero-order chi connectivity index (χ0) is 12.3. The van der Waals surface area contributed by atoms with Crippen molar-refractivity contribution in [1.82, 2.24) is 14.6 Å². The van der Waals surface area contributed by atoms with Crippen molar-refractivity contribution in [2.24, 2.45) is 5.92 Å². The Morgan fingerprint density at radius 2 is 2.35 bits per heavy atom. The molecule has 0 saturated carbocycles. The van der Waals surface area contributed by atoms with Crippen LogP contribution in [0.2, 0.25) is 0 Å². The maximum Gasteiger partial charge on any atom is 0.244 e. The molecular formula is C11H19N3O2S. The van der Waals surface area contributed by atoms with Gasteiger partial charge in [0, 0.05) is 26.0 Å². The largest absolute Gasteiger partial charge is 0.366 e. The zero-order valence-corrected chi connectivity index (χ0v) is 10.8. The van der Waals surface area contributed by atoms with Gasteiger partial charge in [-0.25, -0.2) is 12.7 Å². The van der Waals surface area contributed by atoms with Crippen LogP contribution in [0.5, 0.6) is 0 Å². The Bertz CT molecular complexity index is 435. The van der Waals surface area contributed by atoms with Gasteiger partial charge < -0.3 is 10.3 Å². The molecule has 0 bridgehead atoms. The van der Waals surface area contributed by atoms with Crippen molar-refractivity contribution in [2.45, 2.75) is 17.7 Å². The summed E-state index contributed by atoms with van der Waals surface area (Å²) in [7, 11) is -1.67. The summed E-state index contributed by atoms with van der Waals surface area (Å²) in [5, 5.41) is 3.30. The van der Waals surface area contributed by atoms with E-state index in [1.807, 2.05) is 0 Å². The van der Waals surface area contributed by atoms with Gasteiger partial charge in [0.05, 0.1) is 4.90 Å². The molecule has 1 aromatic rings. The minimum atomic E-state index is -3.32. The zero-order valence-electron chi connectivity index (χ0n) is 10.0. The lowest BCUT2D eigenvalue weighted by atomic mass is 10.00. The van der Waals surface area contributed by atoms with E-state index >= 15 is 0 Å². The number of sulfonamides is 1. The van der Waals surface area contributed by atoms with Crippen LogP contribution in [0.25, 0.3) is 0 Å². The van der Waals surface area contributed by atoms with Crippen LogP contribution in [-0.4, -0.2) is 44.4 Å². The quantitative estimate of drug-likeness (QED) is 0.831. The number of nitrogens with one attached hydrogen (secondary N) is 2. The molecule has 5 nitrogen and oxygen atoms in total. The van der Waals surface area contributed by atoms with E-state index in [0.29, 0.717) is 17.4 Å². The standard InChI is InChI=1S/C11H19N3O2S/c1-14(9-10-3-2-5-12-7-10)17(15,16)11-4-6-13-8-11/h4,6,8,10,12-13H,2-3,5,7,9H2,1H3. The molecule has 1 unspecified atom stereocenters. The van der Waals surface area contributed by atoms with Gasteiger partial charge >= 0.3 is 0 Å². The fourth-order valence-electron chi connectivity index (χ4n) is 2.19. The maximum absolute atomic E-state index is 12.2. The number of nitrogens with zero attached hydrogens (tertiary/aromatic N) is 1. The van der Waals surface area contributed by atoms with Crippen molar-refractivity contribution in [1.29, 1.82) is 0 Å². The third-order valence-corrected chi connectivity index (χ3v) is 5.01. The molecule has 0 aromatic carbocycles. The van der Waals surface area contributed by atoms with E-state index in [2.05, 4.69) is 10.3 Å². The molecule has 1 atom stereocenters. The second-order valence-electron chi connectivity index (χ2n) is 4.54. The minimum Gasteiger partial charge on any atom is -0.366 e. The van der Waals surface area contributed by atoms with Gasteiger partial charge in [-0.2, -0.15) is 0 Å². The van der Waals surface area contributed by atoms with Crippen LogP contribution < -0.4 is 5.32 Å². The first kappa shape index (κ1) is 12.6. The van der Waals surface area contributed by atoms with Crippen LogP contribution in [0, 0.1) is 5.92 Å². The predicted molar refractivity (Wildman–Crippen MR) is 66.2 cm³/mol.